The lowest BCUT2D eigenvalue weighted by atomic mass is 9.74. The van der Waals surface area contributed by atoms with Crippen LogP contribution in [0.2, 0.25) is 5.02 Å². The van der Waals surface area contributed by atoms with Crippen molar-refractivity contribution in [2.75, 3.05) is 5.75 Å². The lowest BCUT2D eigenvalue weighted by molar-refractivity contribution is 0.0729. The van der Waals surface area contributed by atoms with Gasteiger partial charge in [0, 0.05) is 15.7 Å². The van der Waals surface area contributed by atoms with Crippen LogP contribution in [0.15, 0.2) is 29.2 Å². The molecule has 3 heteroatoms. The standard InChI is InChI=1S/C16H23ClOS/c1-11-3-4-13(9-12(11)2)16(18)10-19-15-7-5-14(17)6-8-15/h5-8,11-13,16,18H,3-4,9-10H2,1-2H3. The molecular weight excluding hydrogens is 276 g/mol. The van der Waals surface area contributed by atoms with Gasteiger partial charge >= 0.3 is 0 Å². The minimum absolute atomic E-state index is 0.185. The summed E-state index contributed by atoms with van der Waals surface area (Å²) < 4.78 is 0. The number of aliphatic hydroxyl groups excluding tert-OH is 1. The van der Waals surface area contributed by atoms with E-state index in [4.69, 9.17) is 11.6 Å². The summed E-state index contributed by atoms with van der Waals surface area (Å²) in [6.45, 7) is 4.64. The summed E-state index contributed by atoms with van der Waals surface area (Å²) in [5.41, 5.74) is 0. The van der Waals surface area contributed by atoms with Gasteiger partial charge in [-0.05, 0) is 54.9 Å². The van der Waals surface area contributed by atoms with Crippen LogP contribution in [0.5, 0.6) is 0 Å². The molecule has 0 aromatic heterocycles. The van der Waals surface area contributed by atoms with E-state index in [2.05, 4.69) is 13.8 Å². The predicted molar refractivity (Wildman–Crippen MR) is 83.9 cm³/mol. The van der Waals surface area contributed by atoms with E-state index in [-0.39, 0.29) is 6.10 Å². The molecule has 19 heavy (non-hydrogen) atoms. The van der Waals surface area contributed by atoms with Gasteiger partial charge < -0.3 is 5.11 Å². The van der Waals surface area contributed by atoms with Gasteiger partial charge in [-0.15, -0.1) is 11.8 Å². The van der Waals surface area contributed by atoms with Crippen molar-refractivity contribution in [1.29, 1.82) is 0 Å². The second-order valence-corrected chi connectivity index (χ2v) is 7.39. The first kappa shape index (κ1) is 15.2. The summed E-state index contributed by atoms with van der Waals surface area (Å²) in [4.78, 5) is 1.18. The fourth-order valence-electron chi connectivity index (χ4n) is 2.79. The Hall–Kier alpha value is -0.180. The summed E-state index contributed by atoms with van der Waals surface area (Å²) in [7, 11) is 0. The van der Waals surface area contributed by atoms with Crippen LogP contribution in [0.4, 0.5) is 0 Å². The molecule has 0 bridgehead atoms. The average Bonchev–Trinajstić information content (AvgIpc) is 2.41. The van der Waals surface area contributed by atoms with E-state index < -0.39 is 0 Å². The largest absolute Gasteiger partial charge is 0.392 e. The highest BCUT2D eigenvalue weighted by atomic mass is 35.5. The normalized spacial score (nSPS) is 29.2. The number of hydrogen-bond acceptors (Lipinski definition) is 2. The Balaban J connectivity index is 1.81. The minimum Gasteiger partial charge on any atom is -0.392 e. The molecule has 0 saturated heterocycles. The number of benzene rings is 1. The van der Waals surface area contributed by atoms with Crippen molar-refractivity contribution in [3.63, 3.8) is 0 Å². The van der Waals surface area contributed by atoms with E-state index in [1.54, 1.807) is 11.8 Å². The Morgan fingerprint density at radius 2 is 1.89 bits per heavy atom. The maximum Gasteiger partial charge on any atom is 0.0662 e. The van der Waals surface area contributed by atoms with Gasteiger partial charge in [0.25, 0.3) is 0 Å². The summed E-state index contributed by atoms with van der Waals surface area (Å²) in [6.07, 6.45) is 3.42. The SMILES string of the molecule is CC1CCC(C(O)CSc2ccc(Cl)cc2)CC1C. The molecule has 1 aliphatic rings. The van der Waals surface area contributed by atoms with Gasteiger partial charge in [0.2, 0.25) is 0 Å². The van der Waals surface area contributed by atoms with Crippen molar-refractivity contribution < 1.29 is 5.11 Å². The van der Waals surface area contributed by atoms with Gasteiger partial charge in [-0.3, -0.25) is 0 Å². The summed E-state index contributed by atoms with van der Waals surface area (Å²) in [6, 6.07) is 7.85. The van der Waals surface area contributed by atoms with Crippen molar-refractivity contribution in [2.24, 2.45) is 17.8 Å². The van der Waals surface area contributed by atoms with E-state index in [0.29, 0.717) is 5.92 Å². The van der Waals surface area contributed by atoms with E-state index in [9.17, 15) is 5.11 Å². The molecule has 0 aliphatic heterocycles. The fraction of sp³-hybridized carbons (Fsp3) is 0.625. The van der Waals surface area contributed by atoms with Crippen LogP contribution >= 0.6 is 23.4 Å². The Morgan fingerprint density at radius 1 is 1.21 bits per heavy atom. The van der Waals surface area contributed by atoms with Gasteiger partial charge in [0.15, 0.2) is 0 Å². The van der Waals surface area contributed by atoms with Crippen LogP contribution in [-0.4, -0.2) is 17.0 Å². The minimum atomic E-state index is -0.185. The summed E-state index contributed by atoms with van der Waals surface area (Å²) in [5.74, 6) is 2.82. The lowest BCUT2D eigenvalue weighted by Gasteiger charge is -2.34. The first-order chi connectivity index (χ1) is 9.06. The second-order valence-electron chi connectivity index (χ2n) is 5.86. The van der Waals surface area contributed by atoms with Gasteiger partial charge in [-0.25, -0.2) is 0 Å². The third-order valence-electron chi connectivity index (χ3n) is 4.42. The van der Waals surface area contributed by atoms with Crippen molar-refractivity contribution in [3.05, 3.63) is 29.3 Å². The van der Waals surface area contributed by atoms with Crippen LogP contribution in [-0.2, 0) is 0 Å². The predicted octanol–water partition coefficient (Wildman–Crippen LogP) is 4.87. The number of rotatable bonds is 4. The first-order valence-corrected chi connectivity index (χ1v) is 8.49. The molecule has 1 nitrogen and oxygen atoms in total. The smallest absolute Gasteiger partial charge is 0.0662 e. The molecule has 1 aliphatic carbocycles. The third-order valence-corrected chi connectivity index (χ3v) is 5.78. The summed E-state index contributed by atoms with van der Waals surface area (Å²) >= 11 is 7.59. The highest BCUT2D eigenvalue weighted by molar-refractivity contribution is 7.99. The third kappa shape index (κ3) is 4.40. The molecule has 2 rings (SSSR count). The molecule has 1 fully saturated rings. The maximum atomic E-state index is 10.3. The highest BCUT2D eigenvalue weighted by Crippen LogP contribution is 2.36. The van der Waals surface area contributed by atoms with E-state index >= 15 is 0 Å². The molecule has 0 heterocycles. The van der Waals surface area contributed by atoms with Gasteiger partial charge in [0.05, 0.1) is 6.10 Å². The molecule has 0 radical (unpaired) electrons. The van der Waals surface area contributed by atoms with Crippen LogP contribution in [0.1, 0.15) is 33.1 Å². The lowest BCUT2D eigenvalue weighted by Crippen LogP contribution is -2.30. The van der Waals surface area contributed by atoms with Crippen LogP contribution in [0, 0.1) is 17.8 Å². The second kappa shape index (κ2) is 7.01. The van der Waals surface area contributed by atoms with Crippen molar-refractivity contribution in [1.82, 2.24) is 0 Å². The Morgan fingerprint density at radius 3 is 2.53 bits per heavy atom. The Bertz CT molecular complexity index is 392. The average molecular weight is 299 g/mol. The molecule has 1 aromatic rings. The number of hydrogen-bond donors (Lipinski definition) is 1. The van der Waals surface area contributed by atoms with Gasteiger partial charge in [-0.2, -0.15) is 0 Å². The van der Waals surface area contributed by atoms with Gasteiger partial charge in [-0.1, -0.05) is 31.9 Å². The number of aliphatic hydroxyl groups is 1. The van der Waals surface area contributed by atoms with E-state index in [1.165, 1.54) is 24.2 Å². The van der Waals surface area contributed by atoms with E-state index in [0.717, 1.165) is 22.6 Å². The molecule has 1 N–H and O–H groups in total. The Labute approximate surface area is 125 Å². The van der Waals surface area contributed by atoms with E-state index in [1.807, 2.05) is 24.3 Å². The molecule has 1 saturated carbocycles. The first-order valence-electron chi connectivity index (χ1n) is 7.12. The Kier molecular flexibility index (Phi) is 5.61. The molecule has 0 amide bonds. The van der Waals surface area contributed by atoms with Crippen molar-refractivity contribution in [2.45, 2.75) is 44.1 Å². The quantitative estimate of drug-likeness (QED) is 0.801. The topological polar surface area (TPSA) is 20.2 Å². The van der Waals surface area contributed by atoms with Crippen LogP contribution < -0.4 is 0 Å². The highest BCUT2D eigenvalue weighted by Gasteiger charge is 2.29. The number of thioether (sulfide) groups is 1. The van der Waals surface area contributed by atoms with Crippen LogP contribution in [0.3, 0.4) is 0 Å². The fourth-order valence-corrected chi connectivity index (χ4v) is 3.88. The summed E-state index contributed by atoms with van der Waals surface area (Å²) in [5, 5.41) is 11.1. The molecule has 1 aromatic carbocycles. The molecule has 4 atom stereocenters. The molecule has 4 unspecified atom stereocenters. The molecule has 106 valence electrons. The molecular formula is C16H23ClOS. The van der Waals surface area contributed by atoms with Crippen molar-refractivity contribution in [3.8, 4) is 0 Å². The molecule has 0 spiro atoms. The maximum absolute atomic E-state index is 10.3. The zero-order valence-corrected chi connectivity index (χ0v) is 13.3. The van der Waals surface area contributed by atoms with Crippen LogP contribution in [0.25, 0.3) is 0 Å². The number of halogens is 1. The monoisotopic (exact) mass is 298 g/mol. The zero-order chi connectivity index (χ0) is 13.8. The van der Waals surface area contributed by atoms with Crippen molar-refractivity contribution >= 4 is 23.4 Å². The zero-order valence-electron chi connectivity index (χ0n) is 11.7. The van der Waals surface area contributed by atoms with Gasteiger partial charge in [0.1, 0.15) is 0 Å².